The molecule has 6 nitrogen and oxygen atoms in total. The van der Waals surface area contributed by atoms with Crippen molar-refractivity contribution < 1.29 is 9.53 Å². The molecule has 2 aliphatic rings. The maximum Gasteiger partial charge on any atom is 0.410 e. The van der Waals surface area contributed by atoms with Gasteiger partial charge in [-0.05, 0) is 51.8 Å². The average molecular weight is 478 g/mol. The van der Waals surface area contributed by atoms with E-state index in [1.807, 2.05) is 43.9 Å². The highest BCUT2D eigenvalue weighted by Gasteiger charge is 2.45. The second kappa shape index (κ2) is 7.33. The highest BCUT2D eigenvalue weighted by molar-refractivity contribution is 9.10. The number of carbonyl (C=O) groups excluding carboxylic acids is 1. The highest BCUT2D eigenvalue weighted by atomic mass is 79.9. The van der Waals surface area contributed by atoms with Crippen molar-refractivity contribution in [3.8, 4) is 6.07 Å². The van der Waals surface area contributed by atoms with Gasteiger partial charge >= 0.3 is 6.09 Å². The zero-order valence-electron chi connectivity index (χ0n) is 16.6. The summed E-state index contributed by atoms with van der Waals surface area (Å²) < 4.78 is 6.53. The summed E-state index contributed by atoms with van der Waals surface area (Å²) in [4.78, 5) is 21.2. The number of aromatic nitrogens is 1. The topological polar surface area (TPSA) is 69.5 Å². The third kappa shape index (κ3) is 3.76. The largest absolute Gasteiger partial charge is 0.444 e. The molecule has 0 saturated carbocycles. The average Bonchev–Trinajstić information content (AvgIpc) is 2.89. The lowest BCUT2D eigenvalue weighted by molar-refractivity contribution is 0.0123. The van der Waals surface area contributed by atoms with Crippen LogP contribution in [-0.4, -0.2) is 46.8 Å². The fraction of sp³-hybridized carbons (Fsp3) is 0.476. The number of nitriles is 1. The van der Waals surface area contributed by atoms with Crippen LogP contribution < -0.4 is 4.90 Å². The lowest BCUT2D eigenvalue weighted by atomic mass is 10.1. The Hall–Kier alpha value is -2.04. The minimum Gasteiger partial charge on any atom is -0.444 e. The van der Waals surface area contributed by atoms with Crippen molar-refractivity contribution in [2.75, 3.05) is 18.0 Å². The van der Waals surface area contributed by atoms with E-state index in [-0.39, 0.29) is 23.3 Å². The first kappa shape index (κ1) is 20.2. The van der Waals surface area contributed by atoms with E-state index in [9.17, 15) is 10.1 Å². The van der Waals surface area contributed by atoms with Gasteiger partial charge in [-0.15, -0.1) is 0 Å². The minimum atomic E-state index is -0.524. The predicted octanol–water partition coefficient (Wildman–Crippen LogP) is 5.11. The monoisotopic (exact) mass is 476 g/mol. The van der Waals surface area contributed by atoms with Gasteiger partial charge in [-0.2, -0.15) is 5.26 Å². The summed E-state index contributed by atoms with van der Waals surface area (Å²) in [5.41, 5.74) is 1.40. The number of nitrogens with zero attached hydrogens (tertiary/aromatic N) is 4. The SMILES string of the molecule is CC(C)(C)OC(=O)N1C2CCC1CN(c1c(C#N)c(Cl)nc3cc(Br)ccc13)C2. The van der Waals surface area contributed by atoms with Crippen molar-refractivity contribution in [1.82, 2.24) is 9.88 Å². The van der Waals surface area contributed by atoms with E-state index in [1.54, 1.807) is 0 Å². The number of fused-ring (bicyclic) bond motifs is 3. The Balaban J connectivity index is 1.71. The van der Waals surface area contributed by atoms with Crippen LogP contribution >= 0.6 is 27.5 Å². The molecule has 2 fully saturated rings. The molecule has 1 aromatic heterocycles. The number of hydrogen-bond donors (Lipinski definition) is 0. The van der Waals surface area contributed by atoms with Crippen molar-refractivity contribution in [2.24, 2.45) is 0 Å². The highest BCUT2D eigenvalue weighted by Crippen LogP contribution is 2.40. The third-order valence-electron chi connectivity index (χ3n) is 5.39. The van der Waals surface area contributed by atoms with Crippen molar-refractivity contribution in [3.05, 3.63) is 33.4 Å². The number of anilines is 1. The Morgan fingerprint density at radius 2 is 1.97 bits per heavy atom. The van der Waals surface area contributed by atoms with Gasteiger partial charge in [0.05, 0.1) is 23.3 Å². The van der Waals surface area contributed by atoms with Crippen molar-refractivity contribution in [1.29, 1.82) is 5.26 Å². The van der Waals surface area contributed by atoms with Gasteiger partial charge in [-0.1, -0.05) is 27.5 Å². The molecule has 8 heteroatoms. The zero-order valence-corrected chi connectivity index (χ0v) is 18.9. The molecule has 1 aromatic carbocycles. The van der Waals surface area contributed by atoms with E-state index in [4.69, 9.17) is 16.3 Å². The van der Waals surface area contributed by atoms with Crippen LogP contribution in [0.2, 0.25) is 5.15 Å². The van der Waals surface area contributed by atoms with E-state index in [1.165, 1.54) is 0 Å². The first-order valence-corrected chi connectivity index (χ1v) is 10.8. The van der Waals surface area contributed by atoms with E-state index in [2.05, 4.69) is 31.9 Å². The fourth-order valence-corrected chi connectivity index (χ4v) is 4.89. The molecule has 2 atom stereocenters. The maximum atomic E-state index is 12.7. The molecule has 4 rings (SSSR count). The molecule has 2 aromatic rings. The third-order valence-corrected chi connectivity index (χ3v) is 6.16. The van der Waals surface area contributed by atoms with E-state index in [0.717, 1.165) is 33.9 Å². The van der Waals surface area contributed by atoms with Crippen molar-refractivity contribution in [3.63, 3.8) is 0 Å². The molecule has 1 amide bonds. The Morgan fingerprint density at radius 3 is 2.55 bits per heavy atom. The summed E-state index contributed by atoms with van der Waals surface area (Å²) in [5, 5.41) is 10.9. The van der Waals surface area contributed by atoms with Gasteiger partial charge in [-0.3, -0.25) is 4.90 Å². The Bertz CT molecular complexity index is 1020. The maximum absolute atomic E-state index is 12.7. The molecule has 2 bridgehead atoms. The van der Waals surface area contributed by atoms with Crippen LogP contribution in [0.4, 0.5) is 10.5 Å². The molecule has 3 heterocycles. The molecular weight excluding hydrogens is 456 g/mol. The molecule has 2 unspecified atom stereocenters. The van der Waals surface area contributed by atoms with Crippen LogP contribution in [0.25, 0.3) is 10.9 Å². The van der Waals surface area contributed by atoms with Gasteiger partial charge in [0, 0.05) is 22.9 Å². The molecular formula is C21H22BrClN4O2. The number of amides is 1. The number of carbonyl (C=O) groups is 1. The lowest BCUT2D eigenvalue weighted by Gasteiger charge is -2.42. The molecule has 0 radical (unpaired) electrons. The summed E-state index contributed by atoms with van der Waals surface area (Å²) >= 11 is 9.83. The second-order valence-corrected chi connectivity index (χ2v) is 9.85. The van der Waals surface area contributed by atoms with Gasteiger partial charge in [0.2, 0.25) is 0 Å². The van der Waals surface area contributed by atoms with E-state index < -0.39 is 5.60 Å². The summed E-state index contributed by atoms with van der Waals surface area (Å²) in [7, 11) is 0. The smallest absolute Gasteiger partial charge is 0.410 e. The first-order valence-electron chi connectivity index (χ1n) is 9.63. The van der Waals surface area contributed by atoms with Crippen LogP contribution in [0.3, 0.4) is 0 Å². The number of rotatable bonds is 1. The van der Waals surface area contributed by atoms with Crippen LogP contribution in [0.15, 0.2) is 22.7 Å². The number of ether oxygens (including phenoxy) is 1. The molecule has 29 heavy (non-hydrogen) atoms. The number of benzene rings is 1. The van der Waals surface area contributed by atoms with Crippen LogP contribution in [-0.2, 0) is 4.74 Å². The Kier molecular flexibility index (Phi) is 5.12. The number of pyridine rings is 1. The van der Waals surface area contributed by atoms with Gasteiger partial charge in [0.15, 0.2) is 0 Å². The fourth-order valence-electron chi connectivity index (χ4n) is 4.32. The summed E-state index contributed by atoms with van der Waals surface area (Å²) in [6.45, 7) is 6.91. The molecule has 152 valence electrons. The van der Waals surface area contributed by atoms with Crippen LogP contribution in [0.1, 0.15) is 39.2 Å². The quantitative estimate of drug-likeness (QED) is 0.534. The summed E-state index contributed by atoms with van der Waals surface area (Å²) in [5.74, 6) is 0. The molecule has 0 spiro atoms. The number of hydrogen-bond acceptors (Lipinski definition) is 5. The van der Waals surface area contributed by atoms with Crippen molar-refractivity contribution >= 4 is 50.2 Å². The van der Waals surface area contributed by atoms with Crippen LogP contribution in [0.5, 0.6) is 0 Å². The number of halogens is 2. The Morgan fingerprint density at radius 1 is 1.31 bits per heavy atom. The van der Waals surface area contributed by atoms with Gasteiger partial charge in [0.1, 0.15) is 22.4 Å². The predicted molar refractivity (Wildman–Crippen MR) is 116 cm³/mol. The van der Waals surface area contributed by atoms with E-state index in [0.29, 0.717) is 18.7 Å². The van der Waals surface area contributed by atoms with Crippen LogP contribution in [0, 0.1) is 11.3 Å². The molecule has 0 N–H and O–H groups in total. The standard InChI is InChI=1S/C21H22BrClN4O2/c1-21(2,3)29-20(28)27-13-5-6-14(27)11-26(10-13)18-15-7-4-12(22)8-17(15)25-19(23)16(18)9-24/h4,7-8,13-14H,5-6,10-11H2,1-3H3. The summed E-state index contributed by atoms with van der Waals surface area (Å²) in [6, 6.07) is 8.13. The second-order valence-electron chi connectivity index (χ2n) is 8.58. The van der Waals surface area contributed by atoms with Gasteiger partial charge in [-0.25, -0.2) is 9.78 Å². The molecule has 2 saturated heterocycles. The van der Waals surface area contributed by atoms with Gasteiger partial charge < -0.3 is 9.64 Å². The minimum absolute atomic E-state index is 0.0487. The molecule has 0 aliphatic carbocycles. The Labute approximate surface area is 183 Å². The lowest BCUT2D eigenvalue weighted by Crippen LogP contribution is -2.57. The zero-order chi connectivity index (χ0) is 20.9. The first-order chi connectivity index (χ1) is 13.7. The summed E-state index contributed by atoms with van der Waals surface area (Å²) in [6.07, 6.45) is 1.58. The molecule has 2 aliphatic heterocycles. The van der Waals surface area contributed by atoms with E-state index >= 15 is 0 Å². The number of piperazine rings is 1. The van der Waals surface area contributed by atoms with Crippen molar-refractivity contribution in [2.45, 2.75) is 51.3 Å². The normalized spacial score (nSPS) is 21.4. The van der Waals surface area contributed by atoms with Gasteiger partial charge in [0.25, 0.3) is 0 Å².